The van der Waals surface area contributed by atoms with E-state index in [2.05, 4.69) is 13.8 Å². The average Bonchev–Trinajstić information content (AvgIpc) is 2.23. The molecule has 0 aromatic rings. The monoisotopic (exact) mass is 218 g/mol. The molecular weight excluding hydrogens is 192 g/mol. The van der Waals surface area contributed by atoms with E-state index in [9.17, 15) is 10.2 Å². The normalized spacial score (nSPS) is 15.2. The van der Waals surface area contributed by atoms with Gasteiger partial charge in [0, 0.05) is 0 Å². The van der Waals surface area contributed by atoms with E-state index in [0.29, 0.717) is 13.2 Å². The Kier molecular flexibility index (Phi) is 10.3. The lowest BCUT2D eigenvalue weighted by atomic mass is 10.1. The maximum absolute atomic E-state index is 9.46. The Morgan fingerprint density at radius 3 is 1.60 bits per heavy atom. The molecule has 3 nitrogen and oxygen atoms in total. The third kappa shape index (κ3) is 10.2. The molecule has 0 amide bonds. The van der Waals surface area contributed by atoms with E-state index < -0.39 is 0 Å². The largest absolute Gasteiger partial charge is 0.391 e. The molecule has 2 N–H and O–H groups in total. The summed E-state index contributed by atoms with van der Waals surface area (Å²) in [6.07, 6.45) is 5.09. The van der Waals surface area contributed by atoms with Crippen molar-refractivity contribution in [2.75, 3.05) is 13.2 Å². The smallest absolute Gasteiger partial charge is 0.0773 e. The van der Waals surface area contributed by atoms with E-state index in [-0.39, 0.29) is 12.2 Å². The summed E-state index contributed by atoms with van der Waals surface area (Å²) in [6.45, 7) is 4.90. The van der Waals surface area contributed by atoms with Crippen LogP contribution in [-0.2, 0) is 4.74 Å². The van der Waals surface area contributed by atoms with Crippen LogP contribution in [0.15, 0.2) is 0 Å². The van der Waals surface area contributed by atoms with Crippen molar-refractivity contribution in [1.29, 1.82) is 0 Å². The summed E-state index contributed by atoms with van der Waals surface area (Å²) in [5.74, 6) is 0. The number of rotatable bonds is 10. The van der Waals surface area contributed by atoms with Gasteiger partial charge in [0.15, 0.2) is 0 Å². The molecule has 0 heterocycles. The summed E-state index contributed by atoms with van der Waals surface area (Å²) in [5.41, 5.74) is 0. The highest BCUT2D eigenvalue weighted by molar-refractivity contribution is 4.57. The molecule has 15 heavy (non-hydrogen) atoms. The van der Waals surface area contributed by atoms with Crippen LogP contribution in [0.5, 0.6) is 0 Å². The van der Waals surface area contributed by atoms with E-state index >= 15 is 0 Å². The van der Waals surface area contributed by atoms with Gasteiger partial charge in [0.1, 0.15) is 0 Å². The van der Waals surface area contributed by atoms with E-state index in [0.717, 1.165) is 38.5 Å². The lowest BCUT2D eigenvalue weighted by Crippen LogP contribution is -2.21. The molecule has 2 atom stereocenters. The molecule has 0 saturated carbocycles. The molecule has 0 spiro atoms. The van der Waals surface area contributed by atoms with Crippen molar-refractivity contribution in [1.82, 2.24) is 0 Å². The summed E-state index contributed by atoms with van der Waals surface area (Å²) in [4.78, 5) is 0. The molecular formula is C12H26O3. The Balaban J connectivity index is 3.27. The molecule has 0 aliphatic rings. The molecule has 0 fully saturated rings. The fraction of sp³-hybridized carbons (Fsp3) is 1.00. The average molecular weight is 218 g/mol. The maximum atomic E-state index is 9.46. The summed E-state index contributed by atoms with van der Waals surface area (Å²) in [5, 5.41) is 18.9. The number of ether oxygens (including phenoxy) is 1. The van der Waals surface area contributed by atoms with Crippen LogP contribution < -0.4 is 0 Å². The minimum atomic E-state index is -0.372. The van der Waals surface area contributed by atoms with Crippen LogP contribution in [-0.4, -0.2) is 35.6 Å². The van der Waals surface area contributed by atoms with Gasteiger partial charge in [-0.2, -0.15) is 0 Å². The maximum Gasteiger partial charge on any atom is 0.0773 e. The van der Waals surface area contributed by atoms with Crippen molar-refractivity contribution in [3.05, 3.63) is 0 Å². The number of aliphatic hydroxyl groups excluding tert-OH is 2. The van der Waals surface area contributed by atoms with Crippen LogP contribution in [0.25, 0.3) is 0 Å². The van der Waals surface area contributed by atoms with Crippen molar-refractivity contribution < 1.29 is 14.9 Å². The molecule has 2 unspecified atom stereocenters. The van der Waals surface area contributed by atoms with Gasteiger partial charge >= 0.3 is 0 Å². The molecule has 0 radical (unpaired) electrons. The molecule has 3 heteroatoms. The zero-order valence-electron chi connectivity index (χ0n) is 10.1. The second kappa shape index (κ2) is 10.4. The van der Waals surface area contributed by atoms with Gasteiger partial charge in [0.25, 0.3) is 0 Å². The van der Waals surface area contributed by atoms with Gasteiger partial charge in [-0.3, -0.25) is 0 Å². The van der Waals surface area contributed by atoms with Crippen LogP contribution in [0.1, 0.15) is 52.4 Å². The van der Waals surface area contributed by atoms with Crippen LogP contribution in [0, 0.1) is 0 Å². The Labute approximate surface area is 93.5 Å². The third-order valence-electron chi connectivity index (χ3n) is 2.40. The summed E-state index contributed by atoms with van der Waals surface area (Å²) < 4.78 is 5.25. The highest BCUT2D eigenvalue weighted by Gasteiger charge is 2.06. The molecule has 0 bridgehead atoms. The first-order chi connectivity index (χ1) is 7.20. The SMILES string of the molecule is CCCCC(O)COCC(O)CCCC. The van der Waals surface area contributed by atoms with E-state index in [1.807, 2.05) is 0 Å². The number of hydrogen-bond donors (Lipinski definition) is 2. The third-order valence-corrected chi connectivity index (χ3v) is 2.40. The van der Waals surface area contributed by atoms with E-state index in [4.69, 9.17) is 4.74 Å². The zero-order chi connectivity index (χ0) is 11.5. The molecule has 92 valence electrons. The fourth-order valence-electron chi connectivity index (χ4n) is 1.39. The minimum Gasteiger partial charge on any atom is -0.391 e. The molecule has 0 rings (SSSR count). The molecule has 0 aliphatic heterocycles. The second-order valence-electron chi connectivity index (χ2n) is 4.13. The first-order valence-electron chi connectivity index (χ1n) is 6.14. The number of hydrogen-bond acceptors (Lipinski definition) is 3. The van der Waals surface area contributed by atoms with Gasteiger partial charge in [-0.1, -0.05) is 39.5 Å². The van der Waals surface area contributed by atoms with Crippen molar-refractivity contribution >= 4 is 0 Å². The Bertz CT molecular complexity index is 114. The van der Waals surface area contributed by atoms with Gasteiger partial charge in [-0.25, -0.2) is 0 Å². The van der Waals surface area contributed by atoms with Gasteiger partial charge in [0.05, 0.1) is 25.4 Å². The fourth-order valence-corrected chi connectivity index (χ4v) is 1.39. The predicted octanol–water partition coefficient (Wildman–Crippen LogP) is 2.11. The molecule has 0 aromatic carbocycles. The standard InChI is InChI=1S/C12H26O3/c1-3-5-7-11(13)9-15-10-12(14)8-6-4-2/h11-14H,3-10H2,1-2H3. The zero-order valence-corrected chi connectivity index (χ0v) is 10.1. The lowest BCUT2D eigenvalue weighted by Gasteiger charge is -2.13. The van der Waals surface area contributed by atoms with Crippen LogP contribution >= 0.6 is 0 Å². The summed E-state index contributed by atoms with van der Waals surface area (Å²) in [6, 6.07) is 0. The predicted molar refractivity (Wildman–Crippen MR) is 61.9 cm³/mol. The van der Waals surface area contributed by atoms with Crippen molar-refractivity contribution in [2.45, 2.75) is 64.6 Å². The van der Waals surface area contributed by atoms with Gasteiger partial charge in [0.2, 0.25) is 0 Å². The first kappa shape index (κ1) is 14.9. The minimum absolute atomic E-state index is 0.350. The van der Waals surface area contributed by atoms with Gasteiger partial charge < -0.3 is 14.9 Å². The van der Waals surface area contributed by atoms with Crippen LogP contribution in [0.4, 0.5) is 0 Å². The highest BCUT2D eigenvalue weighted by Crippen LogP contribution is 2.03. The lowest BCUT2D eigenvalue weighted by molar-refractivity contribution is -0.0127. The molecule has 0 aromatic heterocycles. The van der Waals surface area contributed by atoms with Gasteiger partial charge in [-0.15, -0.1) is 0 Å². The topological polar surface area (TPSA) is 49.7 Å². The summed E-state index contributed by atoms with van der Waals surface area (Å²) >= 11 is 0. The van der Waals surface area contributed by atoms with Crippen molar-refractivity contribution in [3.63, 3.8) is 0 Å². The Morgan fingerprint density at radius 1 is 0.867 bits per heavy atom. The summed E-state index contributed by atoms with van der Waals surface area (Å²) in [7, 11) is 0. The van der Waals surface area contributed by atoms with E-state index in [1.165, 1.54) is 0 Å². The Morgan fingerprint density at radius 2 is 1.27 bits per heavy atom. The second-order valence-corrected chi connectivity index (χ2v) is 4.13. The quantitative estimate of drug-likeness (QED) is 0.590. The number of aliphatic hydroxyl groups is 2. The van der Waals surface area contributed by atoms with Crippen LogP contribution in [0.3, 0.4) is 0 Å². The Hall–Kier alpha value is -0.120. The highest BCUT2D eigenvalue weighted by atomic mass is 16.5. The van der Waals surface area contributed by atoms with E-state index in [1.54, 1.807) is 0 Å². The van der Waals surface area contributed by atoms with Gasteiger partial charge in [-0.05, 0) is 12.8 Å². The first-order valence-corrected chi connectivity index (χ1v) is 6.14. The molecule has 0 saturated heterocycles. The van der Waals surface area contributed by atoms with Crippen molar-refractivity contribution in [3.8, 4) is 0 Å². The van der Waals surface area contributed by atoms with Crippen LogP contribution in [0.2, 0.25) is 0 Å². The number of unbranched alkanes of at least 4 members (excludes halogenated alkanes) is 2. The van der Waals surface area contributed by atoms with Crippen molar-refractivity contribution in [2.24, 2.45) is 0 Å². The molecule has 0 aliphatic carbocycles.